The first kappa shape index (κ1) is 20.3. The fourth-order valence-electron chi connectivity index (χ4n) is 4.31. The molecular weight excluding hydrogens is 428 g/mol. The minimum atomic E-state index is -0.461. The van der Waals surface area contributed by atoms with E-state index in [-0.39, 0.29) is 17.7 Å². The summed E-state index contributed by atoms with van der Waals surface area (Å²) in [7, 11) is 0. The van der Waals surface area contributed by atoms with Crippen LogP contribution in [0.2, 0.25) is 5.02 Å². The summed E-state index contributed by atoms with van der Waals surface area (Å²) in [4.78, 5) is 46.6. The van der Waals surface area contributed by atoms with Crippen LogP contribution in [0.5, 0.6) is 0 Å². The summed E-state index contributed by atoms with van der Waals surface area (Å²) < 4.78 is 0. The molecule has 0 bridgehead atoms. The zero-order valence-corrected chi connectivity index (χ0v) is 17.8. The van der Waals surface area contributed by atoms with E-state index < -0.39 is 5.92 Å². The number of nitrogens with zero attached hydrogens (tertiary/aromatic N) is 3. The predicted molar refractivity (Wildman–Crippen MR) is 119 cm³/mol. The fourth-order valence-corrected chi connectivity index (χ4v) is 4.68. The maximum absolute atomic E-state index is 12.6. The van der Waals surface area contributed by atoms with Gasteiger partial charge in [-0.2, -0.15) is 0 Å². The van der Waals surface area contributed by atoms with E-state index in [0.717, 1.165) is 22.4 Å². The quantitative estimate of drug-likeness (QED) is 0.620. The number of halogens is 1. The van der Waals surface area contributed by atoms with Crippen LogP contribution in [0.3, 0.4) is 0 Å². The minimum absolute atomic E-state index is 0.00649. The van der Waals surface area contributed by atoms with Gasteiger partial charge in [0.05, 0.1) is 23.9 Å². The second kappa shape index (κ2) is 8.16. The van der Waals surface area contributed by atoms with E-state index >= 15 is 0 Å². The lowest BCUT2D eigenvalue weighted by molar-refractivity contribution is -0.134. The lowest BCUT2D eigenvalue weighted by Crippen LogP contribution is -2.39. The van der Waals surface area contributed by atoms with Gasteiger partial charge in [-0.1, -0.05) is 35.9 Å². The Labute approximate surface area is 189 Å². The van der Waals surface area contributed by atoms with Crippen LogP contribution in [-0.2, 0) is 27.3 Å². The second-order valence-corrected chi connectivity index (χ2v) is 8.26. The summed E-state index contributed by atoms with van der Waals surface area (Å²) >= 11 is 6.74. The SMILES string of the molecule is O=C1CCC(c2cccc(-c3ccc4c(c3)CC(=O)N4Cc3ncccn3)c2Cl)C(=O)N1. The number of hydrogen-bond donors (Lipinski definition) is 1. The zero-order chi connectivity index (χ0) is 22.2. The standard InChI is InChI=1S/C24H19ClN4O3/c25-23-16(3-1-4-17(23)18-6-8-21(30)28-24(18)32)14-5-7-19-15(11-14)12-22(31)29(19)13-20-26-9-2-10-27-20/h1-5,7,9-11,18H,6,8,12-13H2,(H,28,30,32). The van der Waals surface area contributed by atoms with Gasteiger partial charge in [0.25, 0.3) is 0 Å². The number of carbonyl (C=O) groups is 3. The molecule has 8 heteroatoms. The molecule has 3 amide bonds. The maximum Gasteiger partial charge on any atom is 0.234 e. The van der Waals surface area contributed by atoms with Gasteiger partial charge in [0.15, 0.2) is 0 Å². The van der Waals surface area contributed by atoms with Crippen molar-refractivity contribution >= 4 is 35.0 Å². The molecule has 1 aromatic heterocycles. The molecule has 3 heterocycles. The molecule has 0 radical (unpaired) electrons. The van der Waals surface area contributed by atoms with Crippen LogP contribution >= 0.6 is 11.6 Å². The molecule has 160 valence electrons. The minimum Gasteiger partial charge on any atom is -0.304 e. The first-order chi connectivity index (χ1) is 15.5. The average Bonchev–Trinajstić information content (AvgIpc) is 3.09. The second-order valence-electron chi connectivity index (χ2n) is 7.88. The number of rotatable bonds is 4. The fraction of sp³-hybridized carbons (Fsp3) is 0.208. The number of anilines is 1. The normalized spacial score (nSPS) is 18.0. The molecule has 2 aromatic carbocycles. The smallest absolute Gasteiger partial charge is 0.234 e. The van der Waals surface area contributed by atoms with Crippen LogP contribution in [0.4, 0.5) is 5.69 Å². The molecular formula is C24H19ClN4O3. The van der Waals surface area contributed by atoms with Gasteiger partial charge in [-0.25, -0.2) is 9.97 Å². The molecule has 0 spiro atoms. The van der Waals surface area contributed by atoms with E-state index in [1.807, 2.05) is 36.4 Å². The number of aromatic nitrogens is 2. The molecule has 7 nitrogen and oxygen atoms in total. The Morgan fingerprint density at radius 2 is 1.88 bits per heavy atom. The number of fused-ring (bicyclic) bond motifs is 1. The van der Waals surface area contributed by atoms with E-state index in [4.69, 9.17) is 11.6 Å². The number of imide groups is 1. The van der Waals surface area contributed by atoms with Crippen molar-refractivity contribution in [1.29, 1.82) is 0 Å². The molecule has 2 aliphatic heterocycles. The van der Waals surface area contributed by atoms with Crippen LogP contribution in [0.1, 0.15) is 35.7 Å². The zero-order valence-electron chi connectivity index (χ0n) is 17.0. The highest BCUT2D eigenvalue weighted by Crippen LogP contribution is 2.39. The lowest BCUT2D eigenvalue weighted by atomic mass is 9.88. The van der Waals surface area contributed by atoms with Crippen molar-refractivity contribution in [2.24, 2.45) is 0 Å². The van der Waals surface area contributed by atoms with E-state index in [2.05, 4.69) is 15.3 Å². The molecule has 1 fully saturated rings. The van der Waals surface area contributed by atoms with Gasteiger partial charge in [-0.05, 0) is 41.3 Å². The van der Waals surface area contributed by atoms with Gasteiger partial charge in [0, 0.05) is 30.1 Å². The third kappa shape index (κ3) is 3.65. The van der Waals surface area contributed by atoms with Gasteiger partial charge in [-0.3, -0.25) is 19.7 Å². The van der Waals surface area contributed by atoms with Crippen LogP contribution in [0.15, 0.2) is 54.9 Å². The molecule has 1 atom stereocenters. The number of nitrogens with one attached hydrogen (secondary N) is 1. The Morgan fingerprint density at radius 1 is 1.06 bits per heavy atom. The molecule has 0 saturated carbocycles. The summed E-state index contributed by atoms with van der Waals surface area (Å²) in [5.41, 5.74) is 4.10. The molecule has 1 saturated heterocycles. The summed E-state index contributed by atoms with van der Waals surface area (Å²) in [6.45, 7) is 0.317. The van der Waals surface area contributed by atoms with Crippen molar-refractivity contribution in [3.8, 4) is 11.1 Å². The number of hydrogen-bond acceptors (Lipinski definition) is 5. The molecule has 1 N–H and O–H groups in total. The van der Waals surface area contributed by atoms with Crippen molar-refractivity contribution in [1.82, 2.24) is 15.3 Å². The van der Waals surface area contributed by atoms with Crippen molar-refractivity contribution in [2.45, 2.75) is 31.7 Å². The number of amides is 3. The van der Waals surface area contributed by atoms with Crippen LogP contribution in [-0.4, -0.2) is 27.7 Å². The molecule has 3 aromatic rings. The predicted octanol–water partition coefficient (Wildman–Crippen LogP) is 3.41. The van der Waals surface area contributed by atoms with Crippen molar-refractivity contribution in [3.63, 3.8) is 0 Å². The van der Waals surface area contributed by atoms with Crippen molar-refractivity contribution in [2.75, 3.05) is 4.90 Å². The highest BCUT2D eigenvalue weighted by atomic mass is 35.5. The van der Waals surface area contributed by atoms with Gasteiger partial charge >= 0.3 is 0 Å². The van der Waals surface area contributed by atoms with E-state index in [1.165, 1.54) is 0 Å². The lowest BCUT2D eigenvalue weighted by Gasteiger charge is -2.23. The third-order valence-electron chi connectivity index (χ3n) is 5.89. The Kier molecular flexibility index (Phi) is 5.19. The van der Waals surface area contributed by atoms with E-state index in [9.17, 15) is 14.4 Å². The number of benzene rings is 2. The first-order valence-electron chi connectivity index (χ1n) is 10.3. The average molecular weight is 447 g/mol. The number of piperidine rings is 1. The van der Waals surface area contributed by atoms with Crippen LogP contribution < -0.4 is 10.2 Å². The van der Waals surface area contributed by atoms with E-state index in [1.54, 1.807) is 23.4 Å². The van der Waals surface area contributed by atoms with Crippen molar-refractivity contribution < 1.29 is 14.4 Å². The Hall–Kier alpha value is -3.58. The van der Waals surface area contributed by atoms with E-state index in [0.29, 0.717) is 42.2 Å². The van der Waals surface area contributed by atoms with Gasteiger partial charge in [0.2, 0.25) is 17.7 Å². The van der Waals surface area contributed by atoms with Crippen molar-refractivity contribution in [3.05, 3.63) is 76.8 Å². The Balaban J connectivity index is 1.46. The maximum atomic E-state index is 12.6. The Bertz CT molecular complexity index is 1250. The molecule has 0 aliphatic carbocycles. The third-order valence-corrected chi connectivity index (χ3v) is 6.31. The highest BCUT2D eigenvalue weighted by molar-refractivity contribution is 6.34. The summed E-state index contributed by atoms with van der Waals surface area (Å²) in [6.07, 6.45) is 4.33. The molecule has 2 aliphatic rings. The monoisotopic (exact) mass is 446 g/mol. The molecule has 32 heavy (non-hydrogen) atoms. The van der Waals surface area contributed by atoms with Gasteiger partial charge < -0.3 is 4.90 Å². The van der Waals surface area contributed by atoms with Gasteiger partial charge in [-0.15, -0.1) is 0 Å². The van der Waals surface area contributed by atoms with Crippen LogP contribution in [0.25, 0.3) is 11.1 Å². The molecule has 5 rings (SSSR count). The molecule has 1 unspecified atom stereocenters. The van der Waals surface area contributed by atoms with Gasteiger partial charge in [0.1, 0.15) is 5.82 Å². The van der Waals surface area contributed by atoms with Crippen LogP contribution in [0, 0.1) is 0 Å². The Morgan fingerprint density at radius 3 is 2.66 bits per heavy atom. The topological polar surface area (TPSA) is 92.3 Å². The summed E-state index contributed by atoms with van der Waals surface area (Å²) in [5.74, 6) is -0.464. The summed E-state index contributed by atoms with van der Waals surface area (Å²) in [5, 5.41) is 2.88. The highest BCUT2D eigenvalue weighted by Gasteiger charge is 2.31. The summed E-state index contributed by atoms with van der Waals surface area (Å²) in [6, 6.07) is 13.1. The largest absolute Gasteiger partial charge is 0.304 e. The number of carbonyl (C=O) groups excluding carboxylic acids is 3. The first-order valence-corrected chi connectivity index (χ1v) is 10.7.